The van der Waals surface area contributed by atoms with Crippen molar-refractivity contribution in [3.8, 4) is 0 Å². The lowest BCUT2D eigenvalue weighted by Crippen LogP contribution is -2.29. The largest absolute Gasteiger partial charge is 0.385 e. The van der Waals surface area contributed by atoms with Crippen molar-refractivity contribution >= 4 is 11.6 Å². The van der Waals surface area contributed by atoms with E-state index < -0.39 is 0 Å². The topological polar surface area (TPSA) is 54.5 Å². The lowest BCUT2D eigenvalue weighted by Gasteiger charge is -2.19. The highest BCUT2D eigenvalue weighted by molar-refractivity contribution is 5.99. The van der Waals surface area contributed by atoms with E-state index in [1.165, 1.54) is 0 Å². The Kier molecular flexibility index (Phi) is 6.29. The molecule has 0 fully saturated rings. The number of anilines is 1. The van der Waals surface area contributed by atoms with Gasteiger partial charge in [-0.3, -0.25) is 9.78 Å². The first kappa shape index (κ1) is 15.4. The molecule has 0 unspecified atom stereocenters. The zero-order chi connectivity index (χ0) is 14.3. The van der Waals surface area contributed by atoms with Crippen LogP contribution in [0.2, 0.25) is 0 Å². The number of ether oxygens (including phenoxy) is 1. The molecule has 0 saturated carbocycles. The molecule has 1 aromatic heterocycles. The molecule has 1 aromatic rings. The molecule has 1 rings (SSSR count). The molecular weight excluding hydrogens is 242 g/mol. The van der Waals surface area contributed by atoms with Gasteiger partial charge in [-0.25, -0.2) is 0 Å². The first-order valence-electron chi connectivity index (χ1n) is 6.55. The van der Waals surface area contributed by atoms with Gasteiger partial charge in [-0.05, 0) is 26.3 Å². The summed E-state index contributed by atoms with van der Waals surface area (Å²) >= 11 is 0. The van der Waals surface area contributed by atoms with Crippen LogP contribution in [-0.2, 0) is 4.74 Å². The molecule has 0 saturated heterocycles. The van der Waals surface area contributed by atoms with Crippen LogP contribution in [0.4, 0.5) is 5.69 Å². The van der Waals surface area contributed by atoms with Crippen molar-refractivity contribution < 1.29 is 9.53 Å². The van der Waals surface area contributed by atoms with E-state index in [-0.39, 0.29) is 5.91 Å². The van der Waals surface area contributed by atoms with Crippen LogP contribution in [0.5, 0.6) is 0 Å². The average Bonchev–Trinajstić information content (AvgIpc) is 2.39. The highest BCUT2D eigenvalue weighted by Gasteiger charge is 2.16. The molecule has 0 spiro atoms. The highest BCUT2D eigenvalue weighted by atomic mass is 16.5. The van der Waals surface area contributed by atoms with Crippen molar-refractivity contribution in [2.75, 3.05) is 39.2 Å². The van der Waals surface area contributed by atoms with E-state index in [4.69, 9.17) is 4.74 Å². The summed E-state index contributed by atoms with van der Waals surface area (Å²) in [5, 5.41) is 3.21. The first-order chi connectivity index (χ1) is 9.10. The lowest BCUT2D eigenvalue weighted by molar-refractivity contribution is 0.0780. The van der Waals surface area contributed by atoms with Crippen LogP contribution in [0.25, 0.3) is 0 Å². The van der Waals surface area contributed by atoms with E-state index in [1.807, 2.05) is 19.9 Å². The number of rotatable bonds is 7. The van der Waals surface area contributed by atoms with E-state index in [0.29, 0.717) is 18.7 Å². The second-order valence-electron chi connectivity index (χ2n) is 4.47. The van der Waals surface area contributed by atoms with Crippen molar-refractivity contribution in [1.29, 1.82) is 0 Å². The maximum absolute atomic E-state index is 12.4. The summed E-state index contributed by atoms with van der Waals surface area (Å²) < 4.78 is 4.99. The SMILES string of the molecule is CCNc1cc(C)ncc1C(=O)N(C)CCCOC. The van der Waals surface area contributed by atoms with E-state index in [2.05, 4.69) is 10.3 Å². The summed E-state index contributed by atoms with van der Waals surface area (Å²) in [5.41, 5.74) is 2.36. The fourth-order valence-corrected chi connectivity index (χ4v) is 1.82. The van der Waals surface area contributed by atoms with E-state index in [0.717, 1.165) is 24.3 Å². The van der Waals surface area contributed by atoms with Gasteiger partial charge in [0.05, 0.1) is 11.3 Å². The average molecular weight is 265 g/mol. The predicted molar refractivity (Wildman–Crippen MR) is 76.6 cm³/mol. The molecule has 5 nitrogen and oxygen atoms in total. The minimum atomic E-state index is -0.0143. The van der Waals surface area contributed by atoms with Crippen LogP contribution < -0.4 is 5.32 Å². The fourth-order valence-electron chi connectivity index (χ4n) is 1.82. The third kappa shape index (κ3) is 4.52. The van der Waals surface area contributed by atoms with Crippen molar-refractivity contribution in [1.82, 2.24) is 9.88 Å². The van der Waals surface area contributed by atoms with Gasteiger partial charge >= 0.3 is 0 Å². The smallest absolute Gasteiger partial charge is 0.257 e. The van der Waals surface area contributed by atoms with Crippen LogP contribution in [0.15, 0.2) is 12.3 Å². The summed E-state index contributed by atoms with van der Waals surface area (Å²) in [6.45, 7) is 6.02. The van der Waals surface area contributed by atoms with Crippen LogP contribution in [-0.4, -0.2) is 49.6 Å². The van der Waals surface area contributed by atoms with Gasteiger partial charge in [0.2, 0.25) is 0 Å². The predicted octanol–water partition coefficient (Wildman–Crippen LogP) is 1.93. The maximum atomic E-state index is 12.4. The van der Waals surface area contributed by atoms with E-state index in [1.54, 1.807) is 25.3 Å². The Hall–Kier alpha value is -1.62. The molecular formula is C14H23N3O2. The van der Waals surface area contributed by atoms with Gasteiger partial charge in [0.15, 0.2) is 0 Å². The molecule has 1 amide bonds. The second kappa shape index (κ2) is 7.74. The van der Waals surface area contributed by atoms with Crippen LogP contribution in [0, 0.1) is 6.92 Å². The maximum Gasteiger partial charge on any atom is 0.257 e. The Labute approximate surface area is 115 Å². The Bertz CT molecular complexity index is 421. The van der Waals surface area contributed by atoms with Gasteiger partial charge < -0.3 is 15.0 Å². The molecule has 5 heteroatoms. The highest BCUT2D eigenvalue weighted by Crippen LogP contribution is 2.17. The van der Waals surface area contributed by atoms with E-state index >= 15 is 0 Å². The molecule has 0 aliphatic carbocycles. The van der Waals surface area contributed by atoms with Gasteiger partial charge in [0.25, 0.3) is 5.91 Å². The number of amides is 1. The number of aryl methyl sites for hydroxylation is 1. The molecule has 0 atom stereocenters. The van der Waals surface area contributed by atoms with Crippen molar-refractivity contribution in [3.05, 3.63) is 23.5 Å². The van der Waals surface area contributed by atoms with Gasteiger partial charge in [0.1, 0.15) is 0 Å². The van der Waals surface area contributed by atoms with Gasteiger partial charge in [-0.2, -0.15) is 0 Å². The third-order valence-electron chi connectivity index (χ3n) is 2.83. The van der Waals surface area contributed by atoms with Crippen LogP contribution >= 0.6 is 0 Å². The Morgan fingerprint density at radius 2 is 2.26 bits per heavy atom. The van der Waals surface area contributed by atoms with Gasteiger partial charge in [-0.15, -0.1) is 0 Å². The lowest BCUT2D eigenvalue weighted by atomic mass is 10.2. The number of nitrogens with one attached hydrogen (secondary N) is 1. The molecule has 0 aliphatic rings. The quantitative estimate of drug-likeness (QED) is 0.765. The molecule has 1 heterocycles. The fraction of sp³-hybridized carbons (Fsp3) is 0.571. The number of hydrogen-bond donors (Lipinski definition) is 1. The van der Waals surface area contributed by atoms with Crippen LogP contribution in [0.1, 0.15) is 29.4 Å². The third-order valence-corrected chi connectivity index (χ3v) is 2.83. The summed E-state index contributed by atoms with van der Waals surface area (Å²) in [6, 6.07) is 1.90. The normalized spacial score (nSPS) is 10.3. The number of nitrogens with zero attached hydrogens (tertiary/aromatic N) is 2. The molecule has 1 N–H and O–H groups in total. The first-order valence-corrected chi connectivity index (χ1v) is 6.55. The monoisotopic (exact) mass is 265 g/mol. The van der Waals surface area contributed by atoms with Gasteiger partial charge in [-0.1, -0.05) is 0 Å². The summed E-state index contributed by atoms with van der Waals surface area (Å²) in [5.74, 6) is -0.0143. The van der Waals surface area contributed by atoms with Crippen molar-refractivity contribution in [2.24, 2.45) is 0 Å². The minimum Gasteiger partial charge on any atom is -0.385 e. The summed E-state index contributed by atoms with van der Waals surface area (Å²) in [6.07, 6.45) is 2.47. The standard InChI is InChI=1S/C14H23N3O2/c1-5-15-13-9-11(2)16-10-12(13)14(18)17(3)7-6-8-19-4/h9-10H,5-8H2,1-4H3,(H,15,16). The van der Waals surface area contributed by atoms with Crippen LogP contribution in [0.3, 0.4) is 0 Å². The Balaban J connectivity index is 2.80. The zero-order valence-corrected chi connectivity index (χ0v) is 12.2. The summed E-state index contributed by atoms with van der Waals surface area (Å²) in [4.78, 5) is 18.3. The number of aromatic nitrogens is 1. The number of carbonyl (C=O) groups is 1. The Morgan fingerprint density at radius 1 is 1.53 bits per heavy atom. The molecule has 19 heavy (non-hydrogen) atoms. The minimum absolute atomic E-state index is 0.0143. The number of pyridine rings is 1. The number of carbonyl (C=O) groups excluding carboxylic acids is 1. The molecule has 0 aromatic carbocycles. The zero-order valence-electron chi connectivity index (χ0n) is 12.2. The molecule has 0 aliphatic heterocycles. The summed E-state index contributed by atoms with van der Waals surface area (Å²) in [7, 11) is 3.46. The van der Waals surface area contributed by atoms with Crippen molar-refractivity contribution in [2.45, 2.75) is 20.3 Å². The number of methoxy groups -OCH3 is 1. The van der Waals surface area contributed by atoms with E-state index in [9.17, 15) is 4.79 Å². The second-order valence-corrected chi connectivity index (χ2v) is 4.47. The molecule has 0 radical (unpaired) electrons. The van der Waals surface area contributed by atoms with Crippen molar-refractivity contribution in [3.63, 3.8) is 0 Å². The molecule has 106 valence electrons. The Morgan fingerprint density at radius 3 is 2.89 bits per heavy atom. The number of hydrogen-bond acceptors (Lipinski definition) is 4. The van der Waals surface area contributed by atoms with Gasteiger partial charge in [0, 0.05) is 45.7 Å². The molecule has 0 bridgehead atoms.